The fraction of sp³-hybridized carbons (Fsp3) is 0.125. The van der Waals surface area contributed by atoms with Crippen LogP contribution >= 0.6 is 11.6 Å². The average molecular weight is 417 g/mol. The normalized spacial score (nSPS) is 15.6. The first-order valence-electron chi connectivity index (χ1n) is 9.53. The number of anilines is 1. The van der Waals surface area contributed by atoms with Gasteiger partial charge in [-0.25, -0.2) is 4.98 Å². The zero-order chi connectivity index (χ0) is 21.0. The highest BCUT2D eigenvalue weighted by molar-refractivity contribution is 6.31. The van der Waals surface area contributed by atoms with Crippen LogP contribution in [-0.4, -0.2) is 10.9 Å². The number of pyridine rings is 1. The molecular formula is C24H17ClN2O3. The summed E-state index contributed by atoms with van der Waals surface area (Å²) in [7, 11) is 0. The van der Waals surface area contributed by atoms with Crippen molar-refractivity contribution in [2.24, 2.45) is 0 Å². The number of carbonyl (C=O) groups is 1. The second-order valence-electron chi connectivity index (χ2n) is 7.50. The molecule has 5 rings (SSSR count). The highest BCUT2D eigenvalue weighted by atomic mass is 35.5. The molecule has 0 spiro atoms. The van der Waals surface area contributed by atoms with Gasteiger partial charge in [0.25, 0.3) is 5.91 Å². The summed E-state index contributed by atoms with van der Waals surface area (Å²) in [5.74, 6) is 0.118. The van der Waals surface area contributed by atoms with E-state index in [2.05, 4.69) is 4.98 Å². The number of hydrogen-bond donors (Lipinski definition) is 0. The predicted octanol–water partition coefficient (Wildman–Crippen LogP) is 5.21. The lowest BCUT2D eigenvalue weighted by Crippen LogP contribution is -2.30. The number of fused-ring (bicyclic) bond motifs is 2. The Hall–Kier alpha value is -3.44. The van der Waals surface area contributed by atoms with Crippen LogP contribution in [0.4, 0.5) is 5.82 Å². The van der Waals surface area contributed by atoms with E-state index in [0.717, 1.165) is 16.7 Å². The molecule has 1 amide bonds. The molecule has 0 saturated heterocycles. The van der Waals surface area contributed by atoms with E-state index >= 15 is 0 Å². The van der Waals surface area contributed by atoms with Gasteiger partial charge in [0, 0.05) is 11.2 Å². The summed E-state index contributed by atoms with van der Waals surface area (Å²) in [6.07, 6.45) is 1.70. The maximum atomic E-state index is 13.5. The highest BCUT2D eigenvalue weighted by Crippen LogP contribution is 2.40. The Labute approximate surface area is 177 Å². The molecule has 0 radical (unpaired) electrons. The Morgan fingerprint density at radius 2 is 1.70 bits per heavy atom. The van der Waals surface area contributed by atoms with E-state index in [1.54, 1.807) is 30.5 Å². The minimum Gasteiger partial charge on any atom is -0.450 e. The molecule has 0 saturated carbocycles. The number of rotatable bonds is 2. The van der Waals surface area contributed by atoms with Gasteiger partial charge < -0.3 is 4.42 Å². The molecular weight excluding hydrogens is 400 g/mol. The Morgan fingerprint density at radius 3 is 2.40 bits per heavy atom. The van der Waals surface area contributed by atoms with Crippen molar-refractivity contribution in [3.63, 3.8) is 0 Å². The smallest absolute Gasteiger partial charge is 0.296 e. The molecule has 6 heteroatoms. The third kappa shape index (κ3) is 2.82. The van der Waals surface area contributed by atoms with Crippen LogP contribution in [0.5, 0.6) is 0 Å². The van der Waals surface area contributed by atoms with Crippen LogP contribution in [0.1, 0.15) is 38.9 Å². The summed E-state index contributed by atoms with van der Waals surface area (Å²) in [4.78, 5) is 32.9. The monoisotopic (exact) mass is 416 g/mol. The zero-order valence-electron chi connectivity index (χ0n) is 16.3. The van der Waals surface area contributed by atoms with Crippen LogP contribution in [0.25, 0.3) is 11.0 Å². The molecule has 1 unspecified atom stereocenters. The SMILES string of the molecule is Cc1ccc(C2c3c(oc4ccc(Cl)cc4c3=O)C(=O)N2c2ccc(C)cn2)cc1. The van der Waals surface area contributed by atoms with Crippen LogP contribution in [0.15, 0.2) is 70.0 Å². The Morgan fingerprint density at radius 1 is 0.967 bits per heavy atom. The van der Waals surface area contributed by atoms with Gasteiger partial charge in [-0.3, -0.25) is 14.5 Å². The van der Waals surface area contributed by atoms with Crippen molar-refractivity contribution in [3.05, 3.63) is 104 Å². The van der Waals surface area contributed by atoms with Gasteiger partial charge in [0.2, 0.25) is 5.76 Å². The van der Waals surface area contributed by atoms with Gasteiger partial charge in [0.15, 0.2) is 5.43 Å². The first kappa shape index (κ1) is 18.6. The van der Waals surface area contributed by atoms with E-state index in [1.807, 2.05) is 44.2 Å². The van der Waals surface area contributed by atoms with Crippen molar-refractivity contribution in [1.82, 2.24) is 4.98 Å². The standard InChI is InChI=1S/C24H17ClN2O3/c1-13-3-6-15(7-4-13)21-20-22(28)17-11-16(25)8-9-18(17)30-23(20)24(29)27(21)19-10-5-14(2)12-26-19/h3-12,21H,1-2H3. The van der Waals surface area contributed by atoms with E-state index in [9.17, 15) is 9.59 Å². The van der Waals surface area contributed by atoms with Crippen LogP contribution in [0, 0.1) is 13.8 Å². The second kappa shape index (κ2) is 6.82. The van der Waals surface area contributed by atoms with Crippen LogP contribution < -0.4 is 10.3 Å². The second-order valence-corrected chi connectivity index (χ2v) is 7.93. The molecule has 30 heavy (non-hydrogen) atoms. The van der Waals surface area contributed by atoms with E-state index in [0.29, 0.717) is 27.4 Å². The summed E-state index contributed by atoms with van der Waals surface area (Å²) in [5, 5.41) is 0.785. The quantitative estimate of drug-likeness (QED) is 0.450. The largest absolute Gasteiger partial charge is 0.450 e. The molecule has 2 aromatic carbocycles. The number of aryl methyl sites for hydroxylation is 2. The van der Waals surface area contributed by atoms with Gasteiger partial charge in [0.1, 0.15) is 11.4 Å². The Kier molecular flexibility index (Phi) is 4.22. The fourth-order valence-electron chi connectivity index (χ4n) is 3.85. The third-order valence-electron chi connectivity index (χ3n) is 5.37. The van der Waals surface area contributed by atoms with Gasteiger partial charge in [-0.1, -0.05) is 47.5 Å². The number of carbonyl (C=O) groups excluding carboxylic acids is 1. The average Bonchev–Trinajstić information content (AvgIpc) is 3.03. The van der Waals surface area contributed by atoms with Gasteiger partial charge in [-0.05, 0) is 49.2 Å². The molecule has 0 aliphatic carbocycles. The summed E-state index contributed by atoms with van der Waals surface area (Å²) in [6.45, 7) is 3.91. The summed E-state index contributed by atoms with van der Waals surface area (Å²) >= 11 is 6.11. The Bertz CT molecular complexity index is 1360. The minimum atomic E-state index is -0.636. The number of hydrogen-bond acceptors (Lipinski definition) is 4. The molecule has 1 aliphatic heterocycles. The molecule has 0 N–H and O–H groups in total. The van der Waals surface area contributed by atoms with Crippen molar-refractivity contribution < 1.29 is 9.21 Å². The minimum absolute atomic E-state index is 0.0442. The summed E-state index contributed by atoms with van der Waals surface area (Å²) < 4.78 is 5.93. The molecule has 0 fully saturated rings. The Balaban J connectivity index is 1.81. The first-order valence-corrected chi connectivity index (χ1v) is 9.91. The van der Waals surface area contributed by atoms with Crippen molar-refractivity contribution in [1.29, 1.82) is 0 Å². The lowest BCUT2D eigenvalue weighted by atomic mass is 9.97. The number of nitrogens with zero attached hydrogens (tertiary/aromatic N) is 2. The van der Waals surface area contributed by atoms with Gasteiger partial charge in [-0.15, -0.1) is 0 Å². The van der Waals surface area contributed by atoms with Crippen LogP contribution in [0.2, 0.25) is 5.02 Å². The van der Waals surface area contributed by atoms with Crippen molar-refractivity contribution in [2.75, 3.05) is 4.90 Å². The lowest BCUT2D eigenvalue weighted by molar-refractivity contribution is 0.0970. The molecule has 1 aliphatic rings. The molecule has 3 heterocycles. The van der Waals surface area contributed by atoms with Crippen molar-refractivity contribution in [3.8, 4) is 0 Å². The fourth-order valence-corrected chi connectivity index (χ4v) is 4.02. The molecule has 4 aromatic rings. The zero-order valence-corrected chi connectivity index (χ0v) is 17.1. The highest BCUT2D eigenvalue weighted by Gasteiger charge is 2.44. The number of benzene rings is 2. The summed E-state index contributed by atoms with van der Waals surface area (Å²) in [5.41, 5.74) is 3.25. The maximum Gasteiger partial charge on any atom is 0.296 e. The third-order valence-corrected chi connectivity index (χ3v) is 5.60. The number of halogens is 1. The molecule has 5 nitrogen and oxygen atoms in total. The molecule has 0 bridgehead atoms. The van der Waals surface area contributed by atoms with E-state index < -0.39 is 6.04 Å². The number of aromatic nitrogens is 1. The lowest BCUT2D eigenvalue weighted by Gasteiger charge is -2.24. The molecule has 1 atom stereocenters. The van der Waals surface area contributed by atoms with E-state index in [4.69, 9.17) is 16.0 Å². The molecule has 2 aromatic heterocycles. The summed E-state index contributed by atoms with van der Waals surface area (Å²) in [6, 6.07) is 15.6. The van der Waals surface area contributed by atoms with E-state index in [-0.39, 0.29) is 17.1 Å². The molecule has 148 valence electrons. The number of amides is 1. The van der Waals surface area contributed by atoms with Crippen molar-refractivity contribution >= 4 is 34.3 Å². The van der Waals surface area contributed by atoms with E-state index in [1.165, 1.54) is 4.90 Å². The predicted molar refractivity (Wildman–Crippen MR) is 116 cm³/mol. The van der Waals surface area contributed by atoms with Gasteiger partial charge >= 0.3 is 0 Å². The van der Waals surface area contributed by atoms with Crippen LogP contribution in [0.3, 0.4) is 0 Å². The van der Waals surface area contributed by atoms with Crippen LogP contribution in [-0.2, 0) is 0 Å². The maximum absolute atomic E-state index is 13.5. The van der Waals surface area contributed by atoms with Crippen molar-refractivity contribution in [2.45, 2.75) is 19.9 Å². The topological polar surface area (TPSA) is 63.4 Å². The first-order chi connectivity index (χ1) is 14.4. The van der Waals surface area contributed by atoms with Gasteiger partial charge in [0.05, 0.1) is 17.0 Å². The van der Waals surface area contributed by atoms with Gasteiger partial charge in [-0.2, -0.15) is 0 Å².